The number of hydrogen-bond donors (Lipinski definition) is 1. The van der Waals surface area contributed by atoms with Crippen LogP contribution >= 0.6 is 0 Å². The first-order valence-corrected chi connectivity index (χ1v) is 9.14. The van der Waals surface area contributed by atoms with Crippen molar-refractivity contribution < 1.29 is 26.0 Å². The van der Waals surface area contributed by atoms with Gasteiger partial charge >= 0.3 is 6.18 Å². The van der Waals surface area contributed by atoms with Crippen LogP contribution in [0.5, 0.6) is 0 Å². The van der Waals surface area contributed by atoms with Gasteiger partial charge in [0, 0.05) is 32.0 Å². The molecule has 5 nitrogen and oxygen atoms in total. The zero-order valence-corrected chi connectivity index (χ0v) is 14.2. The zero-order chi connectivity index (χ0) is 18.9. The highest BCUT2D eigenvalue weighted by Crippen LogP contribution is 2.35. The lowest BCUT2D eigenvalue weighted by molar-refractivity contribution is -0.140. The molecule has 0 saturated carbocycles. The fraction of sp³-hybridized carbons (Fsp3) is 0.312. The van der Waals surface area contributed by atoms with Gasteiger partial charge in [0.1, 0.15) is 5.82 Å². The van der Waals surface area contributed by atoms with E-state index in [9.17, 15) is 26.0 Å². The highest BCUT2D eigenvalue weighted by Gasteiger charge is 2.38. The zero-order valence-electron chi connectivity index (χ0n) is 13.4. The minimum absolute atomic E-state index is 0.0701. The van der Waals surface area contributed by atoms with Crippen LogP contribution in [-0.4, -0.2) is 37.3 Å². The first-order chi connectivity index (χ1) is 12.2. The van der Waals surface area contributed by atoms with E-state index in [1.807, 2.05) is 0 Å². The van der Waals surface area contributed by atoms with Crippen molar-refractivity contribution in [2.24, 2.45) is 0 Å². The molecular formula is C16H15F4N3O2S. The van der Waals surface area contributed by atoms with E-state index in [1.165, 1.54) is 12.4 Å². The van der Waals surface area contributed by atoms with Gasteiger partial charge in [-0.15, -0.1) is 0 Å². The van der Waals surface area contributed by atoms with E-state index in [1.54, 1.807) is 12.1 Å². The van der Waals surface area contributed by atoms with Crippen molar-refractivity contribution in [1.82, 2.24) is 14.6 Å². The van der Waals surface area contributed by atoms with Gasteiger partial charge < -0.3 is 5.32 Å². The van der Waals surface area contributed by atoms with E-state index in [2.05, 4.69) is 10.3 Å². The normalized spacial score (nSPS) is 19.5. The van der Waals surface area contributed by atoms with E-state index in [0.29, 0.717) is 24.2 Å². The molecular weight excluding hydrogens is 374 g/mol. The molecule has 1 fully saturated rings. The first kappa shape index (κ1) is 18.7. The summed E-state index contributed by atoms with van der Waals surface area (Å²) in [5, 5.41) is 3.06. The molecule has 2 aromatic rings. The molecule has 1 N–H and O–H groups in total. The van der Waals surface area contributed by atoms with Gasteiger partial charge in [-0.3, -0.25) is 4.98 Å². The number of nitrogens with one attached hydrogen (secondary N) is 1. The Kier molecular flexibility index (Phi) is 5.00. The van der Waals surface area contributed by atoms with Gasteiger partial charge in [0.2, 0.25) is 10.0 Å². The second-order valence-corrected chi connectivity index (χ2v) is 7.65. The van der Waals surface area contributed by atoms with Gasteiger partial charge in [0.15, 0.2) is 0 Å². The number of alkyl halides is 3. The van der Waals surface area contributed by atoms with Crippen LogP contribution in [0, 0.1) is 5.82 Å². The molecule has 3 rings (SSSR count). The van der Waals surface area contributed by atoms with Crippen molar-refractivity contribution in [2.75, 3.05) is 19.6 Å². The minimum atomic E-state index is -4.98. The minimum Gasteiger partial charge on any atom is -0.313 e. The maximum absolute atomic E-state index is 13.5. The molecule has 1 unspecified atom stereocenters. The average molecular weight is 389 g/mol. The highest BCUT2D eigenvalue weighted by atomic mass is 32.2. The topological polar surface area (TPSA) is 62.3 Å². The predicted octanol–water partition coefficient (Wildman–Crippen LogP) is 2.57. The Morgan fingerprint density at radius 1 is 1.23 bits per heavy atom. The Hall–Kier alpha value is -2.04. The maximum atomic E-state index is 13.5. The summed E-state index contributed by atoms with van der Waals surface area (Å²) in [6.07, 6.45) is -1.94. The largest absolute Gasteiger partial charge is 0.419 e. The number of piperazine rings is 1. The molecule has 1 atom stereocenters. The second-order valence-electron chi connectivity index (χ2n) is 5.76. The third-order valence-corrected chi connectivity index (χ3v) is 6.02. The van der Waals surface area contributed by atoms with E-state index in [-0.39, 0.29) is 13.1 Å². The summed E-state index contributed by atoms with van der Waals surface area (Å²) in [6, 6.07) is 4.43. The lowest BCUT2D eigenvalue weighted by Crippen LogP contribution is -2.48. The third-order valence-electron chi connectivity index (χ3n) is 4.11. The summed E-state index contributed by atoms with van der Waals surface area (Å²) in [4.78, 5) is 3.36. The Morgan fingerprint density at radius 2 is 2.00 bits per heavy atom. The number of aromatic nitrogens is 1. The van der Waals surface area contributed by atoms with E-state index >= 15 is 0 Å². The smallest absolute Gasteiger partial charge is 0.313 e. The van der Waals surface area contributed by atoms with E-state index < -0.39 is 38.5 Å². The van der Waals surface area contributed by atoms with Gasteiger partial charge in [-0.25, -0.2) is 12.8 Å². The lowest BCUT2D eigenvalue weighted by atomic mass is 10.1. The summed E-state index contributed by atoms with van der Waals surface area (Å²) < 4.78 is 79.3. The van der Waals surface area contributed by atoms with Crippen molar-refractivity contribution in [3.8, 4) is 0 Å². The van der Waals surface area contributed by atoms with Crippen LogP contribution in [0.25, 0.3) is 0 Å². The number of nitrogens with zero attached hydrogens (tertiary/aromatic N) is 2. The molecule has 0 aliphatic carbocycles. The second kappa shape index (κ2) is 6.93. The number of benzene rings is 1. The first-order valence-electron chi connectivity index (χ1n) is 7.70. The molecule has 1 aromatic carbocycles. The third kappa shape index (κ3) is 3.57. The van der Waals surface area contributed by atoms with Crippen LogP contribution in [0.3, 0.4) is 0 Å². The molecule has 26 heavy (non-hydrogen) atoms. The van der Waals surface area contributed by atoms with E-state index in [4.69, 9.17) is 0 Å². The molecule has 0 radical (unpaired) electrons. The van der Waals surface area contributed by atoms with Crippen LogP contribution in [-0.2, 0) is 16.2 Å². The molecule has 2 heterocycles. The van der Waals surface area contributed by atoms with Gasteiger partial charge in [-0.1, -0.05) is 6.07 Å². The Balaban J connectivity index is 2.04. The number of hydrogen-bond acceptors (Lipinski definition) is 4. The van der Waals surface area contributed by atoms with Gasteiger partial charge in [0.05, 0.1) is 16.5 Å². The van der Waals surface area contributed by atoms with Crippen LogP contribution in [0.1, 0.15) is 17.2 Å². The van der Waals surface area contributed by atoms with Crippen molar-refractivity contribution in [1.29, 1.82) is 0 Å². The van der Waals surface area contributed by atoms with E-state index in [0.717, 1.165) is 10.4 Å². The SMILES string of the molecule is O=S(=O)(c1ccc(F)c(C(F)(F)F)c1)N1CCNCC1c1cccnc1. The fourth-order valence-corrected chi connectivity index (χ4v) is 4.49. The maximum Gasteiger partial charge on any atom is 0.419 e. The summed E-state index contributed by atoms with van der Waals surface area (Å²) in [7, 11) is -4.26. The van der Waals surface area contributed by atoms with Crippen LogP contribution in [0.15, 0.2) is 47.6 Å². The van der Waals surface area contributed by atoms with Crippen LogP contribution in [0.2, 0.25) is 0 Å². The van der Waals surface area contributed by atoms with Crippen LogP contribution < -0.4 is 5.32 Å². The average Bonchev–Trinajstić information content (AvgIpc) is 2.61. The van der Waals surface area contributed by atoms with Gasteiger partial charge in [-0.2, -0.15) is 17.5 Å². The van der Waals surface area contributed by atoms with Gasteiger partial charge in [0.25, 0.3) is 0 Å². The standard InChI is InChI=1S/C16H15F4N3O2S/c17-14-4-3-12(8-13(14)16(18,19)20)26(24,25)23-7-6-22-10-15(23)11-2-1-5-21-9-11/h1-5,8-9,15,22H,6-7,10H2. The molecule has 140 valence electrons. The predicted molar refractivity (Wildman–Crippen MR) is 85.1 cm³/mol. The van der Waals surface area contributed by atoms with Gasteiger partial charge in [-0.05, 0) is 29.8 Å². The Bertz CT molecular complexity index is 888. The quantitative estimate of drug-likeness (QED) is 0.820. The summed E-state index contributed by atoms with van der Waals surface area (Å²) in [5.41, 5.74) is -0.993. The summed E-state index contributed by atoms with van der Waals surface area (Å²) in [5.74, 6) is -1.51. The number of pyridine rings is 1. The molecule has 0 amide bonds. The fourth-order valence-electron chi connectivity index (χ4n) is 2.85. The van der Waals surface area contributed by atoms with Crippen molar-refractivity contribution >= 4 is 10.0 Å². The Labute approximate surface area is 147 Å². The Morgan fingerprint density at radius 3 is 2.65 bits per heavy atom. The van der Waals surface area contributed by atoms with Crippen molar-refractivity contribution in [3.63, 3.8) is 0 Å². The number of sulfonamides is 1. The lowest BCUT2D eigenvalue weighted by Gasteiger charge is -2.35. The molecule has 10 heteroatoms. The monoisotopic (exact) mass is 389 g/mol. The number of halogens is 4. The molecule has 1 aliphatic rings. The number of rotatable bonds is 3. The molecule has 1 aromatic heterocycles. The molecule has 0 spiro atoms. The van der Waals surface area contributed by atoms with Crippen LogP contribution in [0.4, 0.5) is 17.6 Å². The summed E-state index contributed by atoms with van der Waals surface area (Å²) >= 11 is 0. The van der Waals surface area contributed by atoms with Crippen molar-refractivity contribution in [3.05, 3.63) is 59.7 Å². The molecule has 0 bridgehead atoms. The molecule has 1 saturated heterocycles. The summed E-state index contributed by atoms with van der Waals surface area (Å²) in [6.45, 7) is 0.710. The van der Waals surface area contributed by atoms with Crippen molar-refractivity contribution in [2.45, 2.75) is 17.1 Å². The molecule has 1 aliphatic heterocycles. The highest BCUT2D eigenvalue weighted by molar-refractivity contribution is 7.89.